The van der Waals surface area contributed by atoms with Crippen LogP contribution in [0.15, 0.2) is 109 Å². The third kappa shape index (κ3) is 4.01. The number of rotatable bonds is 4. The van der Waals surface area contributed by atoms with Gasteiger partial charge in [-0.25, -0.2) is 0 Å². The minimum atomic E-state index is -1.54. The zero-order valence-corrected chi connectivity index (χ0v) is 28.7. The maximum absolute atomic E-state index is 2.72. The summed E-state index contributed by atoms with van der Waals surface area (Å²) in [6, 6.07) is 36.2. The van der Waals surface area contributed by atoms with Gasteiger partial charge >= 0.3 is 254 Å². The fraction of sp³-hybridized carbons (Fsp3) is 0.158. The molecule has 2 heterocycles. The molecule has 2 aromatic heterocycles. The summed E-state index contributed by atoms with van der Waals surface area (Å²) in [5.41, 5.74) is 13.7. The Morgan fingerprint density at radius 3 is 1.30 bits per heavy atom. The first-order valence-electron chi connectivity index (χ1n) is 14.5. The van der Waals surface area contributed by atoms with Gasteiger partial charge in [-0.3, -0.25) is 0 Å². The molecule has 0 aliphatic heterocycles. The molecule has 2 unspecified atom stereocenters. The smallest absolute Gasteiger partial charge is 1.00 e. The topological polar surface area (TPSA) is 9.86 Å². The van der Waals surface area contributed by atoms with E-state index in [0.717, 1.165) is 0 Å². The average molecular weight is 679 g/mol. The van der Waals surface area contributed by atoms with Crippen LogP contribution in [0.4, 0.5) is 0 Å². The predicted molar refractivity (Wildman–Crippen MR) is 168 cm³/mol. The van der Waals surface area contributed by atoms with E-state index < -0.39 is 23.2 Å². The Hall–Kier alpha value is -3.10. The van der Waals surface area contributed by atoms with E-state index in [2.05, 4.69) is 158 Å². The fourth-order valence-electron chi connectivity index (χ4n) is 7.56. The van der Waals surface area contributed by atoms with Gasteiger partial charge in [0.25, 0.3) is 0 Å². The predicted octanol–water partition coefficient (Wildman–Crippen LogP) is 3.08. The van der Waals surface area contributed by atoms with Crippen LogP contribution >= 0.6 is 0 Å². The molecule has 2 aliphatic rings. The van der Waals surface area contributed by atoms with Crippen molar-refractivity contribution in [1.82, 2.24) is 9.13 Å². The summed E-state index contributed by atoms with van der Waals surface area (Å²) in [7, 11) is 0. The van der Waals surface area contributed by atoms with Crippen LogP contribution in [-0.2, 0) is 29.7 Å². The van der Waals surface area contributed by atoms with Gasteiger partial charge in [-0.05, 0) is 0 Å². The summed E-state index contributed by atoms with van der Waals surface area (Å²) < 4.78 is 5.00. The quantitative estimate of drug-likeness (QED) is 0.272. The van der Waals surface area contributed by atoms with Gasteiger partial charge in [0.2, 0.25) is 0 Å². The number of para-hydroxylation sites is 2. The molecule has 0 N–H and O–H groups in total. The molecule has 2 nitrogen and oxygen atoms in total. The number of nitrogens with zero attached hydrogens (tertiary/aromatic N) is 2. The largest absolute Gasteiger partial charge is 1.00 e. The summed E-state index contributed by atoms with van der Waals surface area (Å²) in [5.74, 6) is 0. The summed E-state index contributed by atoms with van der Waals surface area (Å²) in [5, 5.41) is 2.72. The van der Waals surface area contributed by atoms with Crippen LogP contribution in [0.25, 0.3) is 34.0 Å². The van der Waals surface area contributed by atoms with Crippen molar-refractivity contribution in [2.45, 2.75) is 34.2 Å². The number of benzene rings is 4. The first-order valence-corrected chi connectivity index (χ1v) is 16.9. The second-order valence-electron chi connectivity index (χ2n) is 11.6. The Kier molecular flexibility index (Phi) is 7.53. The summed E-state index contributed by atoms with van der Waals surface area (Å²) >= 11 is -1.54. The van der Waals surface area contributed by atoms with E-state index in [4.69, 9.17) is 0 Å². The molecule has 5 heteroatoms. The van der Waals surface area contributed by atoms with Crippen molar-refractivity contribution >= 4 is 34.0 Å². The summed E-state index contributed by atoms with van der Waals surface area (Å²) in [6.07, 6.45) is 9.91. The van der Waals surface area contributed by atoms with Crippen LogP contribution in [0.5, 0.6) is 0 Å². The van der Waals surface area contributed by atoms with Gasteiger partial charge in [0.15, 0.2) is 0 Å². The van der Waals surface area contributed by atoms with Gasteiger partial charge < -0.3 is 24.8 Å². The van der Waals surface area contributed by atoms with Crippen molar-refractivity contribution < 1.29 is 48.0 Å². The molecule has 8 rings (SSSR count). The Labute approximate surface area is 277 Å². The van der Waals surface area contributed by atoms with Crippen LogP contribution in [0.3, 0.4) is 0 Å². The van der Waals surface area contributed by atoms with Crippen molar-refractivity contribution in [2.75, 3.05) is 0 Å². The molecule has 0 spiro atoms. The van der Waals surface area contributed by atoms with Crippen LogP contribution in [0.2, 0.25) is 0 Å². The average Bonchev–Trinajstić information content (AvgIpc) is 3.70. The molecule has 6 aromatic rings. The van der Waals surface area contributed by atoms with Gasteiger partial charge in [-0.15, -0.1) is 0 Å². The minimum Gasteiger partial charge on any atom is -1.00 e. The van der Waals surface area contributed by atoms with Gasteiger partial charge in [0.05, 0.1) is 0 Å². The van der Waals surface area contributed by atoms with Crippen molar-refractivity contribution in [3.05, 3.63) is 154 Å². The van der Waals surface area contributed by atoms with Crippen LogP contribution in [0, 0.1) is 27.7 Å². The van der Waals surface area contributed by atoms with E-state index in [1.54, 1.807) is 0 Å². The van der Waals surface area contributed by atoms with Crippen LogP contribution < -0.4 is 24.8 Å². The number of hydrogen-bond donors (Lipinski definition) is 0. The maximum atomic E-state index is 2.72. The molecular formula is C38H32Cl2N2Zr. The fourth-order valence-corrected chi connectivity index (χ4v) is 13.6. The molecular weight excluding hydrogens is 647 g/mol. The second kappa shape index (κ2) is 10.8. The molecule has 4 aromatic carbocycles. The molecule has 212 valence electrons. The number of fused-ring (bicyclic) bond motifs is 4. The Balaban J connectivity index is 0.00000165. The molecule has 2 aliphatic carbocycles. The van der Waals surface area contributed by atoms with Gasteiger partial charge in [0, 0.05) is 0 Å². The Morgan fingerprint density at radius 1 is 0.488 bits per heavy atom. The van der Waals surface area contributed by atoms with E-state index in [0.29, 0.717) is 0 Å². The second-order valence-corrected chi connectivity index (χ2v) is 16.0. The number of allylic oxidation sites excluding steroid dienone is 2. The third-order valence-electron chi connectivity index (χ3n) is 9.69. The summed E-state index contributed by atoms with van der Waals surface area (Å²) in [6.45, 7) is 9.25. The number of hydrogen-bond acceptors (Lipinski definition) is 0. The SMILES string of the molecule is Cc1c(C)n([C]2([Zr+2][C]3(n4c(C)c(C)c5ccccc54)C=Cc4ccccc43)C=Cc3ccccc32)c2ccccc12.[Cl-].[Cl-]. The van der Waals surface area contributed by atoms with Gasteiger partial charge in [0.1, 0.15) is 0 Å². The van der Waals surface area contributed by atoms with E-state index in [-0.39, 0.29) is 31.3 Å². The molecule has 0 saturated carbocycles. The molecule has 0 bridgehead atoms. The Bertz CT molecular complexity index is 1950. The van der Waals surface area contributed by atoms with Gasteiger partial charge in [-0.2, -0.15) is 0 Å². The zero-order valence-electron chi connectivity index (χ0n) is 24.7. The monoisotopic (exact) mass is 676 g/mol. The standard InChI is InChI=1S/2C19H16N.2ClH.Zr/c2*1-13-14(2)20(18-10-6-5-8-16(13)18)19-12-11-15-7-3-4-9-17(15)19;;;/h2*3-12H,1-2H3;2*1H;/q;;;;+2/p-2. The van der Waals surface area contributed by atoms with Crippen molar-refractivity contribution in [3.63, 3.8) is 0 Å². The number of halogens is 2. The van der Waals surface area contributed by atoms with E-state index in [9.17, 15) is 0 Å². The number of aromatic nitrogens is 2. The van der Waals surface area contributed by atoms with E-state index >= 15 is 0 Å². The third-order valence-corrected chi connectivity index (χ3v) is 14.8. The zero-order chi connectivity index (χ0) is 27.9. The molecule has 43 heavy (non-hydrogen) atoms. The van der Waals surface area contributed by atoms with Crippen molar-refractivity contribution in [3.8, 4) is 0 Å². The molecule has 0 amide bonds. The van der Waals surface area contributed by atoms with Crippen molar-refractivity contribution in [2.24, 2.45) is 0 Å². The van der Waals surface area contributed by atoms with Crippen LogP contribution in [0.1, 0.15) is 44.8 Å². The maximum Gasteiger partial charge on any atom is -1.00 e. The molecule has 2 atom stereocenters. The van der Waals surface area contributed by atoms with E-state index in [1.165, 1.54) is 66.6 Å². The first kappa shape index (κ1) is 30.0. The van der Waals surface area contributed by atoms with Crippen LogP contribution in [-0.4, -0.2) is 9.13 Å². The Morgan fingerprint density at radius 2 is 0.860 bits per heavy atom. The van der Waals surface area contributed by atoms with E-state index in [1.807, 2.05) is 0 Å². The minimum absolute atomic E-state index is 0. The van der Waals surface area contributed by atoms with Gasteiger partial charge in [-0.1, -0.05) is 0 Å². The summed E-state index contributed by atoms with van der Waals surface area (Å²) in [4.78, 5) is 0. The molecule has 0 saturated heterocycles. The molecule has 0 fully saturated rings. The van der Waals surface area contributed by atoms with Crippen molar-refractivity contribution in [1.29, 1.82) is 0 Å². The molecule has 0 radical (unpaired) electrons. The first-order chi connectivity index (χ1) is 20.0. The normalized spacial score (nSPS) is 19.6. The number of aryl methyl sites for hydroxylation is 2.